The molecule has 0 aliphatic rings. The lowest BCUT2D eigenvalue weighted by Crippen LogP contribution is -2.30. The molecule has 3 rings (SSSR count). The number of aliphatic hydroxyl groups excluding tert-OH is 1. The van der Waals surface area contributed by atoms with Gasteiger partial charge in [-0.15, -0.1) is 0 Å². The first-order valence-corrected chi connectivity index (χ1v) is 7.20. The van der Waals surface area contributed by atoms with Crippen LogP contribution in [0.4, 0.5) is 0 Å². The molecule has 3 nitrogen and oxygen atoms in total. The highest BCUT2D eigenvalue weighted by Gasteiger charge is 2.18. The first kappa shape index (κ1) is 13.9. The van der Waals surface area contributed by atoms with Gasteiger partial charge in [0.15, 0.2) is 0 Å². The fourth-order valence-corrected chi connectivity index (χ4v) is 2.79. The molecule has 2 atom stereocenters. The Bertz CT molecular complexity index is 733. The minimum absolute atomic E-state index is 0.382. The topological polar surface area (TPSA) is 51.2 Å². The summed E-state index contributed by atoms with van der Waals surface area (Å²) in [7, 11) is 0. The third-order valence-electron chi connectivity index (χ3n) is 3.97. The van der Waals surface area contributed by atoms with Crippen LogP contribution in [0.25, 0.3) is 10.9 Å². The number of benzene rings is 2. The number of aliphatic hydroxyl groups is 1. The van der Waals surface area contributed by atoms with E-state index in [-0.39, 0.29) is 6.04 Å². The van der Waals surface area contributed by atoms with Crippen molar-refractivity contribution in [3.63, 3.8) is 0 Å². The minimum Gasteiger partial charge on any atom is -0.389 e. The highest BCUT2D eigenvalue weighted by atomic mass is 16.3. The van der Waals surface area contributed by atoms with E-state index in [1.807, 2.05) is 42.5 Å². The summed E-state index contributed by atoms with van der Waals surface area (Å²) in [6.45, 7) is 2.58. The van der Waals surface area contributed by atoms with Gasteiger partial charge in [-0.05, 0) is 24.1 Å². The van der Waals surface area contributed by atoms with Crippen molar-refractivity contribution in [2.45, 2.75) is 25.6 Å². The smallest absolute Gasteiger partial charge is 0.0911 e. The average molecular weight is 280 g/mol. The Morgan fingerprint density at radius 1 is 1.05 bits per heavy atom. The van der Waals surface area contributed by atoms with Gasteiger partial charge in [-0.3, -0.25) is 0 Å². The van der Waals surface area contributed by atoms with E-state index < -0.39 is 6.10 Å². The third-order valence-corrected chi connectivity index (χ3v) is 3.97. The van der Waals surface area contributed by atoms with E-state index in [9.17, 15) is 5.11 Å². The van der Waals surface area contributed by atoms with Crippen LogP contribution in [-0.4, -0.2) is 15.8 Å². The molecular weight excluding hydrogens is 260 g/mol. The molecular formula is C18H20N2O. The van der Waals surface area contributed by atoms with E-state index in [1.165, 1.54) is 10.9 Å². The second kappa shape index (κ2) is 5.72. The molecule has 0 spiro atoms. The molecule has 0 saturated carbocycles. The summed E-state index contributed by atoms with van der Waals surface area (Å²) in [6.07, 6.45) is 1.45. The number of nitrogens with two attached hydrogens (primary N) is 1. The van der Waals surface area contributed by atoms with Crippen LogP contribution in [0.3, 0.4) is 0 Å². The maximum Gasteiger partial charge on any atom is 0.0911 e. The summed E-state index contributed by atoms with van der Waals surface area (Å²) < 4.78 is 2.08. The number of para-hydroxylation sites is 1. The SMILES string of the molecule is Cc1cn(CC(O)C(N)c2ccccc2)c2ccccc12. The van der Waals surface area contributed by atoms with Crippen LogP contribution in [0.15, 0.2) is 60.8 Å². The lowest BCUT2D eigenvalue weighted by molar-refractivity contribution is 0.127. The van der Waals surface area contributed by atoms with Crippen molar-refractivity contribution in [1.29, 1.82) is 0 Å². The normalized spacial score (nSPS) is 14.2. The van der Waals surface area contributed by atoms with Crippen molar-refractivity contribution in [3.05, 3.63) is 71.9 Å². The van der Waals surface area contributed by atoms with E-state index in [2.05, 4.69) is 29.8 Å². The maximum absolute atomic E-state index is 10.4. The van der Waals surface area contributed by atoms with Crippen molar-refractivity contribution in [3.8, 4) is 0 Å². The average Bonchev–Trinajstić information content (AvgIpc) is 2.84. The Morgan fingerprint density at radius 2 is 1.71 bits per heavy atom. The van der Waals surface area contributed by atoms with Gasteiger partial charge in [0.2, 0.25) is 0 Å². The van der Waals surface area contributed by atoms with Gasteiger partial charge in [0.1, 0.15) is 0 Å². The number of rotatable bonds is 4. The molecule has 108 valence electrons. The second-order valence-electron chi connectivity index (χ2n) is 5.49. The molecule has 1 heterocycles. The van der Waals surface area contributed by atoms with Crippen molar-refractivity contribution >= 4 is 10.9 Å². The first-order chi connectivity index (χ1) is 10.2. The Labute approximate surface area is 124 Å². The number of aryl methyl sites for hydroxylation is 1. The molecule has 0 saturated heterocycles. The largest absolute Gasteiger partial charge is 0.389 e. The number of aromatic nitrogens is 1. The Balaban J connectivity index is 1.85. The van der Waals surface area contributed by atoms with Crippen LogP contribution in [-0.2, 0) is 6.54 Å². The number of nitrogens with zero attached hydrogens (tertiary/aromatic N) is 1. The molecule has 0 bridgehead atoms. The van der Waals surface area contributed by atoms with E-state index >= 15 is 0 Å². The number of hydrogen-bond donors (Lipinski definition) is 2. The third kappa shape index (κ3) is 2.71. The lowest BCUT2D eigenvalue weighted by Gasteiger charge is -2.20. The van der Waals surface area contributed by atoms with Crippen molar-refractivity contribution < 1.29 is 5.11 Å². The van der Waals surface area contributed by atoms with Gasteiger partial charge in [0, 0.05) is 17.1 Å². The Kier molecular flexibility index (Phi) is 3.78. The van der Waals surface area contributed by atoms with Gasteiger partial charge < -0.3 is 15.4 Å². The van der Waals surface area contributed by atoms with Crippen LogP contribution in [0, 0.1) is 6.92 Å². The highest BCUT2D eigenvalue weighted by Crippen LogP contribution is 2.22. The predicted molar refractivity (Wildman–Crippen MR) is 86.1 cm³/mol. The van der Waals surface area contributed by atoms with Gasteiger partial charge in [0.05, 0.1) is 18.7 Å². The van der Waals surface area contributed by atoms with Crippen LogP contribution in [0.5, 0.6) is 0 Å². The quantitative estimate of drug-likeness (QED) is 0.772. The maximum atomic E-state index is 10.4. The molecule has 21 heavy (non-hydrogen) atoms. The summed E-state index contributed by atoms with van der Waals surface area (Å²) in [5, 5.41) is 11.7. The molecule has 3 heteroatoms. The van der Waals surface area contributed by atoms with Crippen LogP contribution < -0.4 is 5.73 Å². The van der Waals surface area contributed by atoms with Gasteiger partial charge in [0.25, 0.3) is 0 Å². The van der Waals surface area contributed by atoms with Crippen LogP contribution >= 0.6 is 0 Å². The predicted octanol–water partition coefficient (Wildman–Crippen LogP) is 3.01. The Hall–Kier alpha value is -2.10. The standard InChI is InChI=1S/C18H20N2O/c1-13-11-20(16-10-6-5-9-15(13)16)12-17(21)18(19)14-7-3-2-4-8-14/h2-11,17-18,21H,12,19H2,1H3. The zero-order valence-electron chi connectivity index (χ0n) is 12.1. The summed E-state index contributed by atoms with van der Waals surface area (Å²) >= 11 is 0. The fourth-order valence-electron chi connectivity index (χ4n) is 2.79. The van der Waals surface area contributed by atoms with E-state index in [0.717, 1.165) is 11.1 Å². The van der Waals surface area contributed by atoms with Crippen LogP contribution in [0.2, 0.25) is 0 Å². The van der Waals surface area contributed by atoms with E-state index in [1.54, 1.807) is 0 Å². The first-order valence-electron chi connectivity index (χ1n) is 7.20. The Morgan fingerprint density at radius 3 is 2.48 bits per heavy atom. The summed E-state index contributed by atoms with van der Waals surface area (Å²) in [4.78, 5) is 0. The molecule has 0 amide bonds. The van der Waals surface area contributed by atoms with Gasteiger partial charge >= 0.3 is 0 Å². The number of fused-ring (bicyclic) bond motifs is 1. The molecule has 2 unspecified atom stereocenters. The van der Waals surface area contributed by atoms with Gasteiger partial charge in [-0.25, -0.2) is 0 Å². The molecule has 1 aromatic heterocycles. The van der Waals surface area contributed by atoms with Crippen LogP contribution in [0.1, 0.15) is 17.2 Å². The zero-order valence-corrected chi connectivity index (χ0v) is 12.1. The van der Waals surface area contributed by atoms with E-state index in [0.29, 0.717) is 6.54 Å². The lowest BCUT2D eigenvalue weighted by atomic mass is 10.0. The fraction of sp³-hybridized carbons (Fsp3) is 0.222. The minimum atomic E-state index is -0.623. The zero-order chi connectivity index (χ0) is 14.8. The molecule has 3 aromatic rings. The molecule has 0 radical (unpaired) electrons. The van der Waals surface area contributed by atoms with Gasteiger partial charge in [-0.1, -0.05) is 48.5 Å². The number of hydrogen-bond acceptors (Lipinski definition) is 2. The summed E-state index contributed by atoms with van der Waals surface area (Å²) in [6, 6.07) is 17.6. The molecule has 0 aliphatic carbocycles. The second-order valence-corrected chi connectivity index (χ2v) is 5.49. The van der Waals surface area contributed by atoms with Crippen molar-refractivity contribution in [2.24, 2.45) is 5.73 Å². The van der Waals surface area contributed by atoms with Crippen molar-refractivity contribution in [2.75, 3.05) is 0 Å². The molecule has 2 aromatic carbocycles. The van der Waals surface area contributed by atoms with E-state index in [4.69, 9.17) is 5.73 Å². The molecule has 0 fully saturated rings. The van der Waals surface area contributed by atoms with Gasteiger partial charge in [-0.2, -0.15) is 0 Å². The van der Waals surface area contributed by atoms with Crippen molar-refractivity contribution in [1.82, 2.24) is 4.57 Å². The highest BCUT2D eigenvalue weighted by molar-refractivity contribution is 5.83. The molecule has 0 aliphatic heterocycles. The monoisotopic (exact) mass is 280 g/mol. The molecule has 3 N–H and O–H groups in total. The summed E-state index contributed by atoms with van der Waals surface area (Å²) in [5.74, 6) is 0. The summed E-state index contributed by atoms with van der Waals surface area (Å²) in [5.41, 5.74) is 9.48.